The Bertz CT molecular complexity index is 321. The van der Waals surface area contributed by atoms with Crippen LogP contribution in [0.4, 0.5) is 4.39 Å². The normalized spacial score (nSPS) is 26.3. The number of hydrogen-bond donors (Lipinski definition) is 0. The Morgan fingerprint density at radius 3 is 2.73 bits per heavy atom. The quantitative estimate of drug-likeness (QED) is 0.698. The summed E-state index contributed by atoms with van der Waals surface area (Å²) in [6.07, 6.45) is 6.00. The van der Waals surface area contributed by atoms with Crippen LogP contribution in [0.2, 0.25) is 0 Å². The molecule has 1 aromatic heterocycles. The van der Waals surface area contributed by atoms with Crippen LogP contribution >= 0.6 is 0 Å². The Morgan fingerprint density at radius 1 is 1.33 bits per heavy atom. The number of ether oxygens (including phenoxy) is 1. The number of halogens is 1. The van der Waals surface area contributed by atoms with E-state index in [0.29, 0.717) is 0 Å². The number of nitrogens with zero attached hydrogens (tertiary/aromatic N) is 1. The molecule has 0 unspecified atom stereocenters. The fourth-order valence-electron chi connectivity index (χ4n) is 1.99. The summed E-state index contributed by atoms with van der Waals surface area (Å²) in [5.74, 6) is 0.566. The van der Waals surface area contributed by atoms with Crippen molar-refractivity contribution in [3.8, 4) is 5.75 Å². The van der Waals surface area contributed by atoms with E-state index >= 15 is 0 Å². The Labute approximate surface area is 89.5 Å². The predicted octanol–water partition coefficient (Wildman–Crippen LogP) is 3.18. The van der Waals surface area contributed by atoms with E-state index in [4.69, 9.17) is 4.74 Å². The van der Waals surface area contributed by atoms with Gasteiger partial charge in [-0.2, -0.15) is 4.39 Å². The Hall–Kier alpha value is -1.12. The lowest BCUT2D eigenvalue weighted by Gasteiger charge is -2.26. The molecule has 0 radical (unpaired) electrons. The van der Waals surface area contributed by atoms with Crippen molar-refractivity contribution in [1.29, 1.82) is 0 Å². The summed E-state index contributed by atoms with van der Waals surface area (Å²) in [6.45, 7) is 2.25. The fraction of sp³-hybridized carbons (Fsp3) is 0.583. The van der Waals surface area contributed by atoms with Crippen LogP contribution in [0.25, 0.3) is 0 Å². The minimum atomic E-state index is -0.504. The number of rotatable bonds is 2. The van der Waals surface area contributed by atoms with E-state index in [0.717, 1.165) is 18.8 Å². The van der Waals surface area contributed by atoms with Crippen molar-refractivity contribution in [1.82, 2.24) is 4.98 Å². The highest BCUT2D eigenvalue weighted by Gasteiger charge is 2.20. The molecule has 1 aliphatic rings. The van der Waals surface area contributed by atoms with Crippen molar-refractivity contribution in [2.45, 2.75) is 38.7 Å². The molecule has 0 aromatic carbocycles. The summed E-state index contributed by atoms with van der Waals surface area (Å²) in [5, 5.41) is 0. The standard InChI is InChI=1S/C12H16FNO/c1-9-4-6-10(7-5-9)15-11-3-2-8-14-12(11)13/h2-3,8-10H,4-7H2,1H3. The van der Waals surface area contributed by atoms with Gasteiger partial charge in [0.2, 0.25) is 0 Å². The lowest BCUT2D eigenvalue weighted by molar-refractivity contribution is 0.129. The molecule has 3 heteroatoms. The minimum Gasteiger partial charge on any atom is -0.486 e. The van der Waals surface area contributed by atoms with Gasteiger partial charge in [0.05, 0.1) is 6.10 Å². The molecule has 1 aliphatic carbocycles. The summed E-state index contributed by atoms with van der Waals surface area (Å²) < 4.78 is 18.8. The second-order valence-corrected chi connectivity index (χ2v) is 4.29. The van der Waals surface area contributed by atoms with E-state index < -0.39 is 5.95 Å². The number of hydrogen-bond acceptors (Lipinski definition) is 2. The van der Waals surface area contributed by atoms with Crippen molar-refractivity contribution in [2.24, 2.45) is 5.92 Å². The third kappa shape index (κ3) is 2.67. The first-order chi connectivity index (χ1) is 7.25. The SMILES string of the molecule is CC1CCC(Oc2cccnc2F)CC1. The largest absolute Gasteiger partial charge is 0.486 e. The fourth-order valence-corrected chi connectivity index (χ4v) is 1.99. The van der Waals surface area contributed by atoms with Crippen LogP contribution in [0.5, 0.6) is 5.75 Å². The highest BCUT2D eigenvalue weighted by atomic mass is 19.1. The van der Waals surface area contributed by atoms with Gasteiger partial charge in [0.1, 0.15) is 0 Å². The highest BCUT2D eigenvalue weighted by molar-refractivity contribution is 5.18. The van der Waals surface area contributed by atoms with Gasteiger partial charge in [0.25, 0.3) is 5.95 Å². The maximum absolute atomic E-state index is 13.2. The van der Waals surface area contributed by atoms with Gasteiger partial charge in [-0.3, -0.25) is 0 Å². The third-order valence-electron chi connectivity index (χ3n) is 2.98. The molecule has 0 bridgehead atoms. The summed E-state index contributed by atoms with van der Waals surface area (Å²) in [7, 11) is 0. The van der Waals surface area contributed by atoms with Crippen molar-refractivity contribution in [3.63, 3.8) is 0 Å². The van der Waals surface area contributed by atoms with Crippen LogP contribution in [0.3, 0.4) is 0 Å². The Morgan fingerprint density at radius 2 is 2.07 bits per heavy atom. The second kappa shape index (κ2) is 4.60. The molecule has 1 aromatic rings. The van der Waals surface area contributed by atoms with Crippen molar-refractivity contribution >= 4 is 0 Å². The third-order valence-corrected chi connectivity index (χ3v) is 2.98. The lowest BCUT2D eigenvalue weighted by Crippen LogP contribution is -2.23. The second-order valence-electron chi connectivity index (χ2n) is 4.29. The van der Waals surface area contributed by atoms with Gasteiger partial charge in [0.15, 0.2) is 5.75 Å². The molecule has 15 heavy (non-hydrogen) atoms. The van der Waals surface area contributed by atoms with E-state index in [9.17, 15) is 4.39 Å². The molecule has 2 rings (SSSR count). The topological polar surface area (TPSA) is 22.1 Å². The Balaban J connectivity index is 1.95. The Kier molecular flexibility index (Phi) is 3.19. The van der Waals surface area contributed by atoms with Crippen LogP contribution in [0.15, 0.2) is 18.3 Å². The summed E-state index contributed by atoms with van der Waals surface area (Å²) >= 11 is 0. The van der Waals surface area contributed by atoms with Gasteiger partial charge >= 0.3 is 0 Å². The molecule has 1 heterocycles. The maximum Gasteiger partial charge on any atom is 0.255 e. The van der Waals surface area contributed by atoms with Gasteiger partial charge < -0.3 is 4.74 Å². The van der Waals surface area contributed by atoms with Crippen molar-refractivity contribution in [2.75, 3.05) is 0 Å². The number of aromatic nitrogens is 1. The molecule has 0 saturated heterocycles. The average Bonchev–Trinajstić information content (AvgIpc) is 2.25. The summed E-state index contributed by atoms with van der Waals surface area (Å²) in [4.78, 5) is 3.57. The van der Waals surface area contributed by atoms with Crippen LogP contribution in [0, 0.1) is 11.9 Å². The molecule has 0 amide bonds. The zero-order valence-corrected chi connectivity index (χ0v) is 8.95. The molecule has 1 fully saturated rings. The monoisotopic (exact) mass is 209 g/mol. The van der Waals surface area contributed by atoms with Gasteiger partial charge in [-0.25, -0.2) is 4.98 Å². The minimum absolute atomic E-state index is 0.167. The molecular weight excluding hydrogens is 193 g/mol. The van der Waals surface area contributed by atoms with E-state index in [2.05, 4.69) is 11.9 Å². The van der Waals surface area contributed by atoms with E-state index in [1.54, 1.807) is 12.1 Å². The summed E-state index contributed by atoms with van der Waals surface area (Å²) in [6, 6.07) is 3.34. The first-order valence-electron chi connectivity index (χ1n) is 5.53. The van der Waals surface area contributed by atoms with Crippen molar-refractivity contribution in [3.05, 3.63) is 24.3 Å². The van der Waals surface area contributed by atoms with E-state index in [1.807, 2.05) is 0 Å². The molecule has 1 saturated carbocycles. The highest BCUT2D eigenvalue weighted by Crippen LogP contribution is 2.27. The predicted molar refractivity (Wildman–Crippen MR) is 56.2 cm³/mol. The smallest absolute Gasteiger partial charge is 0.255 e. The number of pyridine rings is 1. The average molecular weight is 209 g/mol. The molecule has 2 nitrogen and oxygen atoms in total. The maximum atomic E-state index is 13.2. The van der Waals surface area contributed by atoms with E-state index in [-0.39, 0.29) is 11.9 Å². The van der Waals surface area contributed by atoms with Crippen LogP contribution < -0.4 is 4.74 Å². The first kappa shape index (κ1) is 10.4. The molecule has 0 spiro atoms. The van der Waals surface area contributed by atoms with Gasteiger partial charge in [-0.1, -0.05) is 6.92 Å². The zero-order chi connectivity index (χ0) is 10.7. The molecule has 82 valence electrons. The van der Waals surface area contributed by atoms with Crippen molar-refractivity contribution < 1.29 is 9.13 Å². The zero-order valence-electron chi connectivity index (χ0n) is 8.95. The first-order valence-corrected chi connectivity index (χ1v) is 5.53. The molecule has 0 N–H and O–H groups in total. The van der Waals surface area contributed by atoms with Gasteiger partial charge in [0, 0.05) is 6.20 Å². The van der Waals surface area contributed by atoms with Crippen LogP contribution in [-0.4, -0.2) is 11.1 Å². The van der Waals surface area contributed by atoms with Crippen LogP contribution in [-0.2, 0) is 0 Å². The molecular formula is C12H16FNO. The van der Waals surface area contributed by atoms with Gasteiger partial charge in [-0.15, -0.1) is 0 Å². The molecule has 0 aliphatic heterocycles. The summed E-state index contributed by atoms with van der Waals surface area (Å²) in [5.41, 5.74) is 0. The van der Waals surface area contributed by atoms with Crippen LogP contribution in [0.1, 0.15) is 32.6 Å². The molecule has 0 atom stereocenters. The lowest BCUT2D eigenvalue weighted by atomic mass is 9.89. The van der Waals surface area contributed by atoms with E-state index in [1.165, 1.54) is 19.0 Å². The van der Waals surface area contributed by atoms with Gasteiger partial charge in [-0.05, 0) is 43.7 Å².